The van der Waals surface area contributed by atoms with Crippen molar-refractivity contribution in [2.45, 2.75) is 27.7 Å². The van der Waals surface area contributed by atoms with Crippen molar-refractivity contribution in [3.05, 3.63) is 36.5 Å². The SMILES string of the molecule is C=Cn1ccccc1=NC.CC.CC. The number of rotatable bonds is 1. The molecule has 1 rings (SSSR count). The molecule has 0 spiro atoms. The van der Waals surface area contributed by atoms with E-state index in [9.17, 15) is 0 Å². The van der Waals surface area contributed by atoms with Crippen LogP contribution in [0.4, 0.5) is 0 Å². The fraction of sp³-hybridized carbons (Fsp3) is 0.417. The zero-order valence-corrected chi connectivity index (χ0v) is 9.99. The van der Waals surface area contributed by atoms with Gasteiger partial charge >= 0.3 is 0 Å². The Morgan fingerprint density at radius 1 is 1.21 bits per heavy atom. The highest BCUT2D eigenvalue weighted by molar-refractivity contribution is 5.16. The van der Waals surface area contributed by atoms with Crippen LogP contribution in [-0.2, 0) is 0 Å². The van der Waals surface area contributed by atoms with Gasteiger partial charge in [-0.15, -0.1) is 0 Å². The Labute approximate surface area is 87.6 Å². The van der Waals surface area contributed by atoms with E-state index >= 15 is 0 Å². The average Bonchev–Trinajstić information content (AvgIpc) is 2.34. The molecule has 0 bridgehead atoms. The Hall–Kier alpha value is -1.31. The number of hydrogen-bond donors (Lipinski definition) is 0. The summed E-state index contributed by atoms with van der Waals surface area (Å²) in [6.45, 7) is 11.6. The molecule has 0 aliphatic carbocycles. The molecule has 14 heavy (non-hydrogen) atoms. The summed E-state index contributed by atoms with van der Waals surface area (Å²) in [4.78, 5) is 4.03. The van der Waals surface area contributed by atoms with Crippen molar-refractivity contribution in [3.63, 3.8) is 0 Å². The number of pyridine rings is 1. The molecule has 0 aromatic carbocycles. The van der Waals surface area contributed by atoms with Crippen LogP contribution in [0.5, 0.6) is 0 Å². The Bertz CT molecular complexity index is 284. The minimum Gasteiger partial charge on any atom is -0.310 e. The third kappa shape index (κ3) is 5.36. The highest BCUT2D eigenvalue weighted by atomic mass is 15.0. The van der Waals surface area contributed by atoms with Crippen LogP contribution in [-0.4, -0.2) is 11.6 Å². The van der Waals surface area contributed by atoms with E-state index in [2.05, 4.69) is 11.6 Å². The summed E-state index contributed by atoms with van der Waals surface area (Å²) in [6.07, 6.45) is 3.64. The molecule has 1 heterocycles. The van der Waals surface area contributed by atoms with Crippen LogP contribution in [0.25, 0.3) is 6.20 Å². The van der Waals surface area contributed by atoms with Crippen molar-refractivity contribution in [2.24, 2.45) is 4.99 Å². The van der Waals surface area contributed by atoms with Gasteiger partial charge in [0.05, 0.1) is 0 Å². The van der Waals surface area contributed by atoms with Gasteiger partial charge in [-0.1, -0.05) is 40.3 Å². The van der Waals surface area contributed by atoms with Gasteiger partial charge in [0, 0.05) is 19.4 Å². The fourth-order valence-corrected chi connectivity index (χ4v) is 0.791. The van der Waals surface area contributed by atoms with Crippen LogP contribution in [0.3, 0.4) is 0 Å². The number of nitrogens with zero attached hydrogens (tertiary/aromatic N) is 2. The molecule has 0 N–H and O–H groups in total. The quantitative estimate of drug-likeness (QED) is 0.653. The largest absolute Gasteiger partial charge is 0.310 e. The molecular formula is C12H22N2. The molecule has 0 saturated heterocycles. The normalized spacial score (nSPS) is 9.07. The van der Waals surface area contributed by atoms with Gasteiger partial charge in [-0.05, 0) is 12.1 Å². The molecular weight excluding hydrogens is 172 g/mol. The van der Waals surface area contributed by atoms with Crippen LogP contribution < -0.4 is 5.49 Å². The maximum absolute atomic E-state index is 4.03. The van der Waals surface area contributed by atoms with Gasteiger partial charge in [0.15, 0.2) is 0 Å². The highest BCUT2D eigenvalue weighted by Crippen LogP contribution is 1.80. The molecule has 0 aliphatic rings. The number of hydrogen-bond acceptors (Lipinski definition) is 1. The van der Waals surface area contributed by atoms with Gasteiger partial charge in [-0.2, -0.15) is 0 Å². The molecule has 0 unspecified atom stereocenters. The van der Waals surface area contributed by atoms with Crippen molar-refractivity contribution in [1.29, 1.82) is 0 Å². The van der Waals surface area contributed by atoms with E-state index < -0.39 is 0 Å². The smallest absolute Gasteiger partial charge is 0.131 e. The Morgan fingerprint density at radius 2 is 1.79 bits per heavy atom. The van der Waals surface area contributed by atoms with Crippen molar-refractivity contribution >= 4 is 6.20 Å². The van der Waals surface area contributed by atoms with Crippen molar-refractivity contribution in [2.75, 3.05) is 7.05 Å². The first kappa shape index (κ1) is 15.2. The zero-order valence-electron chi connectivity index (χ0n) is 9.99. The Balaban J connectivity index is 0. The lowest BCUT2D eigenvalue weighted by molar-refractivity contribution is 0.992. The van der Waals surface area contributed by atoms with Crippen molar-refractivity contribution < 1.29 is 0 Å². The molecule has 1 aromatic heterocycles. The van der Waals surface area contributed by atoms with Crippen LogP contribution in [0.15, 0.2) is 36.0 Å². The Morgan fingerprint density at radius 3 is 2.14 bits per heavy atom. The maximum atomic E-state index is 4.03. The first-order chi connectivity index (χ1) is 6.88. The molecule has 0 aliphatic heterocycles. The minimum absolute atomic E-state index is 0.914. The second-order valence-corrected chi connectivity index (χ2v) is 1.87. The van der Waals surface area contributed by atoms with E-state index in [-0.39, 0.29) is 0 Å². The van der Waals surface area contributed by atoms with E-state index in [4.69, 9.17) is 0 Å². The van der Waals surface area contributed by atoms with Gasteiger partial charge in [-0.25, -0.2) is 0 Å². The average molecular weight is 194 g/mol. The molecule has 80 valence electrons. The molecule has 0 fully saturated rings. The lowest BCUT2D eigenvalue weighted by Crippen LogP contribution is -2.13. The topological polar surface area (TPSA) is 17.3 Å². The van der Waals surface area contributed by atoms with Gasteiger partial charge in [-0.3, -0.25) is 4.99 Å². The second kappa shape index (κ2) is 11.7. The summed E-state index contributed by atoms with van der Waals surface area (Å²) >= 11 is 0. The number of aromatic nitrogens is 1. The first-order valence-corrected chi connectivity index (χ1v) is 5.11. The molecule has 0 saturated carbocycles. The zero-order chi connectivity index (χ0) is 11.4. The minimum atomic E-state index is 0.914. The van der Waals surface area contributed by atoms with E-state index in [1.807, 2.05) is 56.7 Å². The molecule has 1 aromatic rings. The molecule has 2 nitrogen and oxygen atoms in total. The monoisotopic (exact) mass is 194 g/mol. The molecule has 0 amide bonds. The van der Waals surface area contributed by atoms with E-state index in [0.29, 0.717) is 0 Å². The summed E-state index contributed by atoms with van der Waals surface area (Å²) in [5.41, 5.74) is 0.914. The molecule has 0 atom stereocenters. The summed E-state index contributed by atoms with van der Waals surface area (Å²) in [6, 6.07) is 5.82. The van der Waals surface area contributed by atoms with Crippen LogP contribution in [0, 0.1) is 0 Å². The second-order valence-electron chi connectivity index (χ2n) is 1.87. The van der Waals surface area contributed by atoms with Crippen molar-refractivity contribution in [1.82, 2.24) is 4.57 Å². The summed E-state index contributed by atoms with van der Waals surface area (Å²) < 4.78 is 1.86. The Kier molecular flexibility index (Phi) is 12.7. The third-order valence-electron chi connectivity index (χ3n) is 1.29. The predicted molar refractivity (Wildman–Crippen MR) is 65.0 cm³/mol. The fourth-order valence-electron chi connectivity index (χ4n) is 0.791. The molecule has 2 heteroatoms. The van der Waals surface area contributed by atoms with Gasteiger partial charge in [0.25, 0.3) is 0 Å². The molecule has 0 radical (unpaired) electrons. The first-order valence-electron chi connectivity index (χ1n) is 5.11. The van der Waals surface area contributed by atoms with Crippen LogP contribution in [0.1, 0.15) is 27.7 Å². The lowest BCUT2D eigenvalue weighted by Gasteiger charge is -1.96. The standard InChI is InChI=1S/C8H10N2.2C2H6/c1-3-10-7-5-4-6-8(10)9-2;2*1-2/h3-7H,1H2,2H3;2*1-2H3. The summed E-state index contributed by atoms with van der Waals surface area (Å²) in [5.74, 6) is 0. The van der Waals surface area contributed by atoms with Crippen molar-refractivity contribution in [3.8, 4) is 0 Å². The predicted octanol–water partition coefficient (Wildman–Crippen LogP) is 3.17. The summed E-state index contributed by atoms with van der Waals surface area (Å²) in [7, 11) is 1.76. The highest BCUT2D eigenvalue weighted by Gasteiger charge is 1.80. The third-order valence-corrected chi connectivity index (χ3v) is 1.29. The van der Waals surface area contributed by atoms with Crippen LogP contribution in [0.2, 0.25) is 0 Å². The van der Waals surface area contributed by atoms with Crippen LogP contribution >= 0.6 is 0 Å². The van der Waals surface area contributed by atoms with Gasteiger partial charge < -0.3 is 4.57 Å². The maximum Gasteiger partial charge on any atom is 0.131 e. The van der Waals surface area contributed by atoms with Gasteiger partial charge in [0.1, 0.15) is 5.49 Å². The van der Waals surface area contributed by atoms with E-state index in [1.54, 1.807) is 13.2 Å². The lowest BCUT2D eigenvalue weighted by atomic mass is 10.5. The summed E-state index contributed by atoms with van der Waals surface area (Å²) in [5, 5.41) is 0. The van der Waals surface area contributed by atoms with Gasteiger partial charge in [0.2, 0.25) is 0 Å². The van der Waals surface area contributed by atoms with E-state index in [1.165, 1.54) is 0 Å². The van der Waals surface area contributed by atoms with E-state index in [0.717, 1.165) is 5.49 Å².